The Kier molecular flexibility index (Phi) is 6.76. The van der Waals surface area contributed by atoms with Crippen molar-refractivity contribution in [2.45, 2.75) is 33.1 Å². The maximum atomic E-state index is 11.1. The van der Waals surface area contributed by atoms with Gasteiger partial charge in [0.15, 0.2) is 0 Å². The molecule has 0 bridgehead atoms. The van der Waals surface area contributed by atoms with Crippen molar-refractivity contribution in [3.63, 3.8) is 0 Å². The van der Waals surface area contributed by atoms with Crippen molar-refractivity contribution in [2.24, 2.45) is 11.7 Å². The molecular weight excluding hydrogens is 154 g/mol. The smallest absolute Gasteiger partial charge is 0.308 e. The van der Waals surface area contributed by atoms with Gasteiger partial charge in [0.05, 0.1) is 12.5 Å². The second-order valence-electron chi connectivity index (χ2n) is 3.00. The molecule has 0 saturated heterocycles. The quantitative estimate of drug-likeness (QED) is 0.487. The summed E-state index contributed by atoms with van der Waals surface area (Å²) in [6, 6.07) is 0. The fourth-order valence-corrected chi connectivity index (χ4v) is 0.827. The van der Waals surface area contributed by atoms with Crippen molar-refractivity contribution in [1.29, 1.82) is 0 Å². The molecule has 3 nitrogen and oxygen atoms in total. The Morgan fingerprint density at radius 2 is 2.25 bits per heavy atom. The van der Waals surface area contributed by atoms with Crippen molar-refractivity contribution in [3.8, 4) is 0 Å². The molecule has 0 aliphatic heterocycles. The summed E-state index contributed by atoms with van der Waals surface area (Å²) in [5.41, 5.74) is 5.31. The second-order valence-corrected chi connectivity index (χ2v) is 3.00. The molecule has 0 aromatic rings. The summed E-state index contributed by atoms with van der Waals surface area (Å²) in [5, 5.41) is 0. The van der Waals surface area contributed by atoms with Crippen LogP contribution in [0, 0.1) is 5.92 Å². The molecule has 0 radical (unpaired) electrons. The molecule has 0 aliphatic rings. The molecule has 2 N–H and O–H groups in total. The van der Waals surface area contributed by atoms with Crippen LogP contribution in [0.3, 0.4) is 0 Å². The predicted molar refractivity (Wildman–Crippen MR) is 48.7 cm³/mol. The number of hydrogen-bond acceptors (Lipinski definition) is 3. The highest BCUT2D eigenvalue weighted by molar-refractivity contribution is 5.71. The first-order valence-electron chi connectivity index (χ1n) is 4.59. The zero-order valence-electron chi connectivity index (χ0n) is 8.01. The van der Waals surface area contributed by atoms with E-state index in [0.29, 0.717) is 19.6 Å². The summed E-state index contributed by atoms with van der Waals surface area (Å²) >= 11 is 0. The SMILES string of the molecule is CCCCOC(=O)C(C)CCN. The Hall–Kier alpha value is -0.570. The van der Waals surface area contributed by atoms with E-state index in [0.717, 1.165) is 12.8 Å². The van der Waals surface area contributed by atoms with Crippen LogP contribution in [0.1, 0.15) is 33.1 Å². The Morgan fingerprint density at radius 1 is 1.58 bits per heavy atom. The van der Waals surface area contributed by atoms with Gasteiger partial charge in [-0.25, -0.2) is 0 Å². The molecule has 0 heterocycles. The molecule has 1 atom stereocenters. The lowest BCUT2D eigenvalue weighted by atomic mass is 10.1. The molecule has 12 heavy (non-hydrogen) atoms. The van der Waals surface area contributed by atoms with Gasteiger partial charge in [0.25, 0.3) is 0 Å². The largest absolute Gasteiger partial charge is 0.465 e. The van der Waals surface area contributed by atoms with Gasteiger partial charge in [0.2, 0.25) is 0 Å². The van der Waals surface area contributed by atoms with E-state index in [1.54, 1.807) is 0 Å². The monoisotopic (exact) mass is 173 g/mol. The molecule has 0 aromatic heterocycles. The minimum Gasteiger partial charge on any atom is -0.465 e. The molecule has 0 spiro atoms. The minimum atomic E-state index is -0.117. The van der Waals surface area contributed by atoms with Crippen LogP contribution in [0.5, 0.6) is 0 Å². The van der Waals surface area contributed by atoms with Gasteiger partial charge in [0, 0.05) is 0 Å². The van der Waals surface area contributed by atoms with Crippen molar-refractivity contribution >= 4 is 5.97 Å². The molecular formula is C9H19NO2. The molecule has 0 saturated carbocycles. The van der Waals surface area contributed by atoms with Gasteiger partial charge in [-0.1, -0.05) is 20.3 Å². The number of ether oxygens (including phenoxy) is 1. The first-order chi connectivity index (χ1) is 5.72. The number of rotatable bonds is 6. The molecule has 3 heteroatoms. The molecule has 1 unspecified atom stereocenters. The van der Waals surface area contributed by atoms with E-state index >= 15 is 0 Å². The van der Waals surface area contributed by atoms with Gasteiger partial charge in [-0.3, -0.25) is 4.79 Å². The highest BCUT2D eigenvalue weighted by Gasteiger charge is 2.12. The molecule has 72 valence electrons. The third-order valence-electron chi connectivity index (χ3n) is 1.74. The average molecular weight is 173 g/mol. The summed E-state index contributed by atoms with van der Waals surface area (Å²) in [6.45, 7) is 5.01. The van der Waals surface area contributed by atoms with Crippen molar-refractivity contribution in [1.82, 2.24) is 0 Å². The minimum absolute atomic E-state index is 0.0492. The van der Waals surface area contributed by atoms with Crippen LogP contribution in [0.15, 0.2) is 0 Å². The fraction of sp³-hybridized carbons (Fsp3) is 0.889. The summed E-state index contributed by atoms with van der Waals surface area (Å²) in [7, 11) is 0. The molecule has 0 aliphatic carbocycles. The molecule has 0 aromatic carbocycles. The summed E-state index contributed by atoms with van der Waals surface area (Å²) < 4.78 is 5.00. The van der Waals surface area contributed by atoms with Crippen LogP contribution >= 0.6 is 0 Å². The van der Waals surface area contributed by atoms with Crippen molar-refractivity contribution in [2.75, 3.05) is 13.2 Å². The third-order valence-corrected chi connectivity index (χ3v) is 1.74. The van der Waals surface area contributed by atoms with Crippen LogP contribution in [0.25, 0.3) is 0 Å². The predicted octanol–water partition coefficient (Wildman–Crippen LogP) is 1.31. The number of esters is 1. The lowest BCUT2D eigenvalue weighted by Gasteiger charge is -2.09. The number of carbonyl (C=O) groups excluding carboxylic acids is 1. The summed E-state index contributed by atoms with van der Waals surface area (Å²) in [6.07, 6.45) is 2.71. The summed E-state index contributed by atoms with van der Waals surface area (Å²) in [5.74, 6) is -0.166. The van der Waals surface area contributed by atoms with Gasteiger partial charge in [-0.15, -0.1) is 0 Å². The van der Waals surface area contributed by atoms with Crippen LogP contribution in [-0.2, 0) is 9.53 Å². The maximum Gasteiger partial charge on any atom is 0.308 e. The van der Waals surface area contributed by atoms with Crippen LogP contribution in [0.2, 0.25) is 0 Å². The first kappa shape index (κ1) is 11.4. The lowest BCUT2D eigenvalue weighted by Crippen LogP contribution is -2.18. The van der Waals surface area contributed by atoms with Crippen LogP contribution in [0.4, 0.5) is 0 Å². The first-order valence-corrected chi connectivity index (χ1v) is 4.59. The van der Waals surface area contributed by atoms with Gasteiger partial charge in [-0.2, -0.15) is 0 Å². The Labute approximate surface area is 74.3 Å². The average Bonchev–Trinajstić information content (AvgIpc) is 2.05. The van der Waals surface area contributed by atoms with E-state index in [9.17, 15) is 4.79 Å². The number of unbranched alkanes of at least 4 members (excludes halogenated alkanes) is 1. The second kappa shape index (κ2) is 7.10. The molecule has 0 rings (SSSR count). The van der Waals surface area contributed by atoms with Crippen LogP contribution in [-0.4, -0.2) is 19.1 Å². The van der Waals surface area contributed by atoms with Gasteiger partial charge in [-0.05, 0) is 19.4 Å². The Morgan fingerprint density at radius 3 is 2.75 bits per heavy atom. The highest BCUT2D eigenvalue weighted by Crippen LogP contribution is 2.03. The standard InChI is InChI=1S/C9H19NO2/c1-3-4-7-12-9(11)8(2)5-6-10/h8H,3-7,10H2,1-2H3. The van der Waals surface area contributed by atoms with E-state index < -0.39 is 0 Å². The maximum absolute atomic E-state index is 11.1. The summed E-state index contributed by atoms with van der Waals surface area (Å²) in [4.78, 5) is 11.1. The number of nitrogens with two attached hydrogens (primary N) is 1. The Balaban J connectivity index is 3.43. The van der Waals surface area contributed by atoms with E-state index in [-0.39, 0.29) is 11.9 Å². The van der Waals surface area contributed by atoms with Gasteiger partial charge in [0.1, 0.15) is 0 Å². The topological polar surface area (TPSA) is 52.3 Å². The zero-order chi connectivity index (χ0) is 9.40. The number of hydrogen-bond donors (Lipinski definition) is 1. The lowest BCUT2D eigenvalue weighted by molar-refractivity contribution is -0.148. The highest BCUT2D eigenvalue weighted by atomic mass is 16.5. The number of carbonyl (C=O) groups is 1. The fourth-order valence-electron chi connectivity index (χ4n) is 0.827. The van der Waals surface area contributed by atoms with Crippen molar-refractivity contribution in [3.05, 3.63) is 0 Å². The normalized spacial score (nSPS) is 12.6. The zero-order valence-corrected chi connectivity index (χ0v) is 8.01. The van der Waals surface area contributed by atoms with E-state index in [2.05, 4.69) is 6.92 Å². The molecule has 0 fully saturated rings. The molecule has 0 amide bonds. The van der Waals surface area contributed by atoms with E-state index in [4.69, 9.17) is 10.5 Å². The third kappa shape index (κ3) is 5.13. The van der Waals surface area contributed by atoms with Gasteiger partial charge < -0.3 is 10.5 Å². The Bertz CT molecular complexity index is 126. The van der Waals surface area contributed by atoms with E-state index in [1.165, 1.54) is 0 Å². The van der Waals surface area contributed by atoms with Crippen LogP contribution < -0.4 is 5.73 Å². The van der Waals surface area contributed by atoms with Gasteiger partial charge >= 0.3 is 5.97 Å². The van der Waals surface area contributed by atoms with E-state index in [1.807, 2.05) is 6.92 Å². The van der Waals surface area contributed by atoms with Crippen molar-refractivity contribution < 1.29 is 9.53 Å².